The van der Waals surface area contributed by atoms with Crippen LogP contribution in [0.4, 0.5) is 11.4 Å². The lowest BCUT2D eigenvalue weighted by Gasteiger charge is -2.23. The van der Waals surface area contributed by atoms with Gasteiger partial charge in [-0.2, -0.15) is 5.26 Å². The third kappa shape index (κ3) is 5.30. The zero-order chi connectivity index (χ0) is 21.6. The van der Waals surface area contributed by atoms with E-state index in [1.807, 2.05) is 32.0 Å². The maximum atomic E-state index is 12.7. The number of nitrogens with one attached hydrogen (secondary N) is 1. The summed E-state index contributed by atoms with van der Waals surface area (Å²) in [5.74, 6) is -1.28. The molecule has 0 spiro atoms. The Morgan fingerprint density at radius 3 is 2.59 bits per heavy atom. The van der Waals surface area contributed by atoms with Crippen LogP contribution < -0.4 is 10.2 Å². The quantitative estimate of drug-likeness (QED) is 0.549. The van der Waals surface area contributed by atoms with Crippen molar-refractivity contribution in [3.05, 3.63) is 68.2 Å². The van der Waals surface area contributed by atoms with Crippen LogP contribution in [0.25, 0.3) is 0 Å². The van der Waals surface area contributed by atoms with E-state index in [1.165, 1.54) is 17.0 Å². The number of nitro benzene ring substituents is 1. The average Bonchev–Trinajstić information content (AvgIpc) is 2.68. The Hall–Kier alpha value is -3.44. The SMILES string of the molecule is Cc1ccc(N(CCC#N)C(=O)CNC(=O)c2c(Cl)cccc2[N+](=O)[O-])cc1C. The van der Waals surface area contributed by atoms with Crippen LogP contribution in [0.3, 0.4) is 0 Å². The summed E-state index contributed by atoms with van der Waals surface area (Å²) in [6.07, 6.45) is 0.114. The van der Waals surface area contributed by atoms with E-state index >= 15 is 0 Å². The van der Waals surface area contributed by atoms with Crippen LogP contribution in [0, 0.1) is 35.3 Å². The van der Waals surface area contributed by atoms with Crippen molar-refractivity contribution >= 4 is 34.8 Å². The number of halogens is 1. The molecular weight excluding hydrogens is 396 g/mol. The molecule has 0 aliphatic carbocycles. The van der Waals surface area contributed by atoms with Gasteiger partial charge < -0.3 is 10.2 Å². The maximum absolute atomic E-state index is 12.7. The summed E-state index contributed by atoms with van der Waals surface area (Å²) in [5.41, 5.74) is 1.89. The number of carbonyl (C=O) groups is 2. The van der Waals surface area contributed by atoms with Crippen LogP contribution in [0.15, 0.2) is 36.4 Å². The van der Waals surface area contributed by atoms with Crippen molar-refractivity contribution in [2.45, 2.75) is 20.3 Å². The van der Waals surface area contributed by atoms with E-state index in [4.69, 9.17) is 16.9 Å². The molecule has 2 aromatic carbocycles. The van der Waals surface area contributed by atoms with Crippen LogP contribution in [0.1, 0.15) is 27.9 Å². The predicted molar refractivity (Wildman–Crippen MR) is 109 cm³/mol. The van der Waals surface area contributed by atoms with Crippen LogP contribution >= 0.6 is 11.6 Å². The lowest BCUT2D eigenvalue weighted by molar-refractivity contribution is -0.385. The Balaban J connectivity index is 2.20. The summed E-state index contributed by atoms with van der Waals surface area (Å²) in [6.45, 7) is 3.60. The second-order valence-electron chi connectivity index (χ2n) is 6.30. The molecule has 2 rings (SSSR count). The van der Waals surface area contributed by atoms with Gasteiger partial charge >= 0.3 is 0 Å². The van der Waals surface area contributed by atoms with Gasteiger partial charge in [-0.3, -0.25) is 19.7 Å². The van der Waals surface area contributed by atoms with E-state index < -0.39 is 29.0 Å². The first-order valence-corrected chi connectivity index (χ1v) is 9.09. The summed E-state index contributed by atoms with van der Waals surface area (Å²) in [5, 5.41) is 22.3. The summed E-state index contributed by atoms with van der Waals surface area (Å²) >= 11 is 5.95. The molecule has 0 heterocycles. The number of benzene rings is 2. The van der Waals surface area contributed by atoms with Crippen molar-refractivity contribution in [3.63, 3.8) is 0 Å². The Kier molecular flexibility index (Phi) is 7.28. The van der Waals surface area contributed by atoms with E-state index in [1.54, 1.807) is 6.07 Å². The first-order valence-electron chi connectivity index (χ1n) is 8.72. The van der Waals surface area contributed by atoms with Crippen LogP contribution in [0.5, 0.6) is 0 Å². The van der Waals surface area contributed by atoms with Crippen LogP contribution in [-0.2, 0) is 4.79 Å². The molecule has 0 radical (unpaired) electrons. The molecule has 0 bridgehead atoms. The second-order valence-corrected chi connectivity index (χ2v) is 6.70. The van der Waals surface area contributed by atoms with Crippen LogP contribution in [-0.4, -0.2) is 29.8 Å². The molecule has 0 unspecified atom stereocenters. The number of nitriles is 1. The number of nitro groups is 1. The highest BCUT2D eigenvalue weighted by Gasteiger charge is 2.24. The fraction of sp³-hybridized carbons (Fsp3) is 0.250. The molecule has 0 aliphatic heterocycles. The Morgan fingerprint density at radius 2 is 1.97 bits per heavy atom. The molecule has 9 heteroatoms. The number of hydrogen-bond acceptors (Lipinski definition) is 5. The molecule has 8 nitrogen and oxygen atoms in total. The van der Waals surface area contributed by atoms with Gasteiger partial charge in [0.1, 0.15) is 5.56 Å². The fourth-order valence-electron chi connectivity index (χ4n) is 2.68. The third-order valence-corrected chi connectivity index (χ3v) is 4.68. The van der Waals surface area contributed by atoms with Crippen molar-refractivity contribution in [3.8, 4) is 6.07 Å². The third-order valence-electron chi connectivity index (χ3n) is 4.37. The molecule has 1 N–H and O–H groups in total. The molecular formula is C20H19ClN4O4. The number of amides is 2. The molecule has 2 amide bonds. The minimum absolute atomic E-state index is 0.0837. The predicted octanol–water partition coefficient (Wildman–Crippen LogP) is 3.54. The number of aryl methyl sites for hydroxylation is 2. The van der Waals surface area contributed by atoms with Gasteiger partial charge in [0, 0.05) is 18.3 Å². The standard InChI is InChI=1S/C20H19ClN4O4/c1-13-7-8-15(11-14(13)2)24(10-4-9-22)18(26)12-23-20(27)19-16(21)5-3-6-17(19)25(28)29/h3,5-8,11H,4,10,12H2,1-2H3,(H,23,27). The number of rotatable bonds is 7. The normalized spacial score (nSPS) is 10.1. The highest BCUT2D eigenvalue weighted by atomic mass is 35.5. The van der Waals surface area contributed by atoms with Gasteiger partial charge in [0.25, 0.3) is 11.6 Å². The first-order chi connectivity index (χ1) is 13.8. The monoisotopic (exact) mass is 414 g/mol. The summed E-state index contributed by atoms with van der Waals surface area (Å²) in [7, 11) is 0. The van der Waals surface area contributed by atoms with Crippen LogP contribution in [0.2, 0.25) is 5.02 Å². The second kappa shape index (κ2) is 9.66. The lowest BCUT2D eigenvalue weighted by Crippen LogP contribution is -2.41. The Bertz CT molecular complexity index is 1000. The molecule has 0 saturated carbocycles. The van der Waals surface area contributed by atoms with Gasteiger partial charge in [0.15, 0.2) is 0 Å². The van der Waals surface area contributed by atoms with Crippen molar-refractivity contribution in [2.24, 2.45) is 0 Å². The van der Waals surface area contributed by atoms with Crippen molar-refractivity contribution in [1.29, 1.82) is 5.26 Å². The van der Waals surface area contributed by atoms with Crippen molar-refractivity contribution in [2.75, 3.05) is 18.0 Å². The van der Waals surface area contributed by atoms with Gasteiger partial charge in [0.05, 0.1) is 29.0 Å². The zero-order valence-electron chi connectivity index (χ0n) is 15.9. The molecule has 150 valence electrons. The van der Waals surface area contributed by atoms with E-state index in [-0.39, 0.29) is 23.6 Å². The van der Waals surface area contributed by atoms with Gasteiger partial charge in [-0.1, -0.05) is 23.7 Å². The largest absolute Gasteiger partial charge is 0.343 e. The van der Waals surface area contributed by atoms with Crippen molar-refractivity contribution in [1.82, 2.24) is 5.32 Å². The molecule has 0 aromatic heterocycles. The lowest BCUT2D eigenvalue weighted by atomic mass is 10.1. The van der Waals surface area contributed by atoms with E-state index in [0.717, 1.165) is 17.2 Å². The Morgan fingerprint density at radius 1 is 1.24 bits per heavy atom. The molecule has 29 heavy (non-hydrogen) atoms. The number of carbonyl (C=O) groups excluding carboxylic acids is 2. The van der Waals surface area contributed by atoms with E-state index in [2.05, 4.69) is 5.32 Å². The summed E-state index contributed by atoms with van der Waals surface area (Å²) < 4.78 is 0. The van der Waals surface area contributed by atoms with Gasteiger partial charge in [-0.05, 0) is 43.2 Å². The van der Waals surface area contributed by atoms with Gasteiger partial charge in [-0.25, -0.2) is 0 Å². The highest BCUT2D eigenvalue weighted by Crippen LogP contribution is 2.26. The van der Waals surface area contributed by atoms with E-state index in [0.29, 0.717) is 5.69 Å². The summed E-state index contributed by atoms with van der Waals surface area (Å²) in [4.78, 5) is 37.0. The minimum Gasteiger partial charge on any atom is -0.343 e. The molecule has 0 saturated heterocycles. The average molecular weight is 415 g/mol. The highest BCUT2D eigenvalue weighted by molar-refractivity contribution is 6.34. The number of hydrogen-bond donors (Lipinski definition) is 1. The smallest absolute Gasteiger partial charge is 0.283 e. The molecule has 0 atom stereocenters. The minimum atomic E-state index is -0.823. The topological polar surface area (TPSA) is 116 Å². The first kappa shape index (κ1) is 21.9. The molecule has 0 aliphatic rings. The number of nitrogens with zero attached hydrogens (tertiary/aromatic N) is 3. The van der Waals surface area contributed by atoms with Gasteiger partial charge in [0.2, 0.25) is 5.91 Å². The van der Waals surface area contributed by atoms with Crippen molar-refractivity contribution < 1.29 is 14.5 Å². The van der Waals surface area contributed by atoms with E-state index in [9.17, 15) is 19.7 Å². The molecule has 2 aromatic rings. The number of anilines is 1. The summed E-state index contributed by atoms with van der Waals surface area (Å²) in [6, 6.07) is 11.3. The molecule has 0 fully saturated rings. The Labute approximate surface area is 172 Å². The zero-order valence-corrected chi connectivity index (χ0v) is 16.7. The van der Waals surface area contributed by atoms with Gasteiger partial charge in [-0.15, -0.1) is 0 Å². The fourth-order valence-corrected chi connectivity index (χ4v) is 2.94. The maximum Gasteiger partial charge on any atom is 0.283 e.